The second-order valence-electron chi connectivity index (χ2n) is 7.93. The van der Waals surface area contributed by atoms with Crippen LogP contribution in [0, 0.1) is 5.41 Å². The molecule has 2 N–H and O–H groups in total. The highest BCUT2D eigenvalue weighted by Crippen LogP contribution is 2.39. The van der Waals surface area contributed by atoms with Crippen LogP contribution in [0.5, 0.6) is 0 Å². The molecule has 1 amide bonds. The fourth-order valence-electron chi connectivity index (χ4n) is 4.16. The van der Waals surface area contributed by atoms with Crippen LogP contribution >= 0.6 is 0 Å². The number of amides is 1. The van der Waals surface area contributed by atoms with E-state index < -0.39 is 5.41 Å². The van der Waals surface area contributed by atoms with Gasteiger partial charge in [0.15, 0.2) is 0 Å². The smallest absolute Gasteiger partial charge is 0.227 e. The minimum absolute atomic E-state index is 0.00537. The Morgan fingerprint density at radius 2 is 1.83 bits per heavy atom. The summed E-state index contributed by atoms with van der Waals surface area (Å²) in [4.78, 5) is 13.2. The fraction of sp³-hybridized carbons (Fsp3) is 0.375. The Kier molecular flexibility index (Phi) is 5.69. The van der Waals surface area contributed by atoms with Crippen LogP contribution in [0.3, 0.4) is 0 Å². The molecule has 0 radical (unpaired) electrons. The third-order valence-electron chi connectivity index (χ3n) is 5.90. The molecule has 1 atom stereocenters. The summed E-state index contributed by atoms with van der Waals surface area (Å²) in [6.45, 7) is 2.88. The van der Waals surface area contributed by atoms with Crippen LogP contribution in [-0.2, 0) is 16.0 Å². The maximum atomic E-state index is 13.2. The minimum atomic E-state index is -0.544. The number of rotatable bonds is 6. The highest BCUT2D eigenvalue weighted by molar-refractivity contribution is 5.95. The van der Waals surface area contributed by atoms with E-state index in [1.807, 2.05) is 37.3 Å². The zero-order valence-electron chi connectivity index (χ0n) is 16.7. The maximum absolute atomic E-state index is 13.2. The molecule has 0 saturated carbocycles. The minimum Gasteiger partial charge on any atom is -0.464 e. The Morgan fingerprint density at radius 3 is 2.62 bits per heavy atom. The number of ether oxygens (including phenoxy) is 1. The summed E-state index contributed by atoms with van der Waals surface area (Å²) in [5.74, 6) is -0.00537. The molecule has 2 heterocycles. The number of furan rings is 1. The van der Waals surface area contributed by atoms with E-state index in [4.69, 9.17) is 9.15 Å². The number of nitrogens with one attached hydrogen (secondary N) is 1. The lowest BCUT2D eigenvalue weighted by molar-refractivity contribution is -0.137. The molecule has 5 nitrogen and oxygen atoms in total. The van der Waals surface area contributed by atoms with E-state index in [9.17, 15) is 9.90 Å². The van der Waals surface area contributed by atoms with Crippen molar-refractivity contribution >= 4 is 16.9 Å². The molecule has 1 fully saturated rings. The molecule has 152 valence electrons. The van der Waals surface area contributed by atoms with Gasteiger partial charge in [0.1, 0.15) is 5.58 Å². The van der Waals surface area contributed by atoms with Gasteiger partial charge in [-0.3, -0.25) is 4.79 Å². The van der Waals surface area contributed by atoms with Gasteiger partial charge in [-0.05, 0) is 43.4 Å². The first-order valence-corrected chi connectivity index (χ1v) is 10.2. The number of hydrogen-bond acceptors (Lipinski definition) is 4. The van der Waals surface area contributed by atoms with Crippen LogP contribution in [-0.4, -0.2) is 36.9 Å². The third-order valence-corrected chi connectivity index (χ3v) is 5.90. The van der Waals surface area contributed by atoms with Gasteiger partial charge in [-0.2, -0.15) is 0 Å². The molecule has 29 heavy (non-hydrogen) atoms. The topological polar surface area (TPSA) is 71.7 Å². The molecule has 4 rings (SSSR count). The molecule has 3 aromatic rings. The first-order valence-electron chi connectivity index (χ1n) is 10.2. The highest BCUT2D eigenvalue weighted by Gasteiger charge is 2.41. The molecule has 2 aromatic carbocycles. The number of carbonyl (C=O) groups is 1. The fourth-order valence-corrected chi connectivity index (χ4v) is 4.16. The monoisotopic (exact) mass is 393 g/mol. The number of fused-ring (bicyclic) bond motifs is 1. The lowest BCUT2D eigenvalue weighted by Crippen LogP contribution is -2.49. The van der Waals surface area contributed by atoms with E-state index in [-0.39, 0.29) is 18.6 Å². The Morgan fingerprint density at radius 1 is 1.10 bits per heavy atom. The predicted molar refractivity (Wildman–Crippen MR) is 113 cm³/mol. The number of benzene rings is 2. The molecular formula is C24H27NO4. The van der Waals surface area contributed by atoms with E-state index >= 15 is 0 Å². The van der Waals surface area contributed by atoms with Crippen molar-refractivity contribution in [2.45, 2.75) is 32.2 Å². The second kappa shape index (κ2) is 8.39. The number of para-hydroxylation sites is 1. The van der Waals surface area contributed by atoms with Gasteiger partial charge in [-0.25, -0.2) is 0 Å². The van der Waals surface area contributed by atoms with Gasteiger partial charge in [0, 0.05) is 30.2 Å². The van der Waals surface area contributed by atoms with Crippen molar-refractivity contribution in [3.8, 4) is 11.1 Å². The van der Waals surface area contributed by atoms with E-state index in [2.05, 4.69) is 23.5 Å². The molecule has 0 spiro atoms. The summed E-state index contributed by atoms with van der Waals surface area (Å²) in [7, 11) is 0. The predicted octanol–water partition coefficient (Wildman–Crippen LogP) is 3.94. The molecule has 1 saturated heterocycles. The lowest BCUT2D eigenvalue weighted by Gasteiger charge is -2.37. The summed E-state index contributed by atoms with van der Waals surface area (Å²) >= 11 is 0. The SMILES string of the molecule is C[C@@H](CO)NC(=O)C1(Cc2ccccc2-c2coc3ccccc23)CCOCC1. The quantitative estimate of drug-likeness (QED) is 0.666. The van der Waals surface area contributed by atoms with Crippen LogP contribution in [0.15, 0.2) is 59.2 Å². The van der Waals surface area contributed by atoms with Gasteiger partial charge in [-0.15, -0.1) is 0 Å². The summed E-state index contributed by atoms with van der Waals surface area (Å²) in [6, 6.07) is 15.9. The lowest BCUT2D eigenvalue weighted by atomic mass is 9.73. The molecule has 0 aliphatic carbocycles. The van der Waals surface area contributed by atoms with Gasteiger partial charge in [0.2, 0.25) is 5.91 Å². The van der Waals surface area contributed by atoms with Crippen molar-refractivity contribution in [1.29, 1.82) is 0 Å². The van der Waals surface area contributed by atoms with Gasteiger partial charge in [0.05, 0.1) is 18.3 Å². The standard InChI is InChI=1S/C24H27NO4/c1-17(15-26)25-23(27)24(10-12-28-13-11-24)14-18-6-2-3-7-19(18)21-16-29-22-9-5-4-8-20(21)22/h2-9,16-17,26H,10-15H2,1H3,(H,25,27)/t17-/m0/s1. The van der Waals surface area contributed by atoms with Gasteiger partial charge >= 0.3 is 0 Å². The van der Waals surface area contributed by atoms with E-state index in [0.29, 0.717) is 32.5 Å². The van der Waals surface area contributed by atoms with Crippen LogP contribution in [0.2, 0.25) is 0 Å². The van der Waals surface area contributed by atoms with Gasteiger partial charge < -0.3 is 19.6 Å². The van der Waals surface area contributed by atoms with Crippen molar-refractivity contribution in [2.75, 3.05) is 19.8 Å². The summed E-state index contributed by atoms with van der Waals surface area (Å²) < 4.78 is 11.3. The number of hydrogen-bond donors (Lipinski definition) is 2. The molecule has 5 heteroatoms. The molecule has 1 aliphatic rings. The largest absolute Gasteiger partial charge is 0.464 e. The zero-order valence-corrected chi connectivity index (χ0v) is 16.7. The van der Waals surface area contributed by atoms with E-state index in [0.717, 1.165) is 27.7 Å². The maximum Gasteiger partial charge on any atom is 0.227 e. The molecular weight excluding hydrogens is 366 g/mol. The first-order chi connectivity index (χ1) is 14.1. The number of carbonyl (C=O) groups excluding carboxylic acids is 1. The summed E-state index contributed by atoms with van der Waals surface area (Å²) in [5, 5.41) is 13.4. The Labute approximate surface area is 170 Å². The first kappa shape index (κ1) is 19.7. The second-order valence-corrected chi connectivity index (χ2v) is 7.93. The van der Waals surface area contributed by atoms with E-state index in [1.165, 1.54) is 0 Å². The zero-order chi connectivity index (χ0) is 20.3. The average molecular weight is 393 g/mol. The third kappa shape index (κ3) is 3.93. The highest BCUT2D eigenvalue weighted by atomic mass is 16.5. The average Bonchev–Trinajstić information content (AvgIpc) is 3.18. The van der Waals surface area contributed by atoms with Gasteiger partial charge in [0.25, 0.3) is 0 Å². The molecule has 1 aliphatic heterocycles. The van der Waals surface area contributed by atoms with Crippen LogP contribution in [0.4, 0.5) is 0 Å². The summed E-state index contributed by atoms with van der Waals surface area (Å²) in [5.41, 5.74) is 3.56. The van der Waals surface area contributed by atoms with E-state index in [1.54, 1.807) is 6.26 Å². The normalized spacial score (nSPS) is 17.2. The molecule has 1 aromatic heterocycles. The molecule has 0 bridgehead atoms. The summed E-state index contributed by atoms with van der Waals surface area (Å²) in [6.07, 6.45) is 3.75. The Balaban J connectivity index is 1.71. The van der Waals surface area contributed by atoms with Crippen molar-refractivity contribution in [1.82, 2.24) is 5.32 Å². The number of aliphatic hydroxyl groups is 1. The van der Waals surface area contributed by atoms with Crippen molar-refractivity contribution < 1.29 is 19.1 Å². The molecule has 0 unspecified atom stereocenters. The van der Waals surface area contributed by atoms with Crippen LogP contribution in [0.25, 0.3) is 22.1 Å². The van der Waals surface area contributed by atoms with Crippen LogP contribution in [0.1, 0.15) is 25.3 Å². The van der Waals surface area contributed by atoms with Crippen LogP contribution < -0.4 is 5.32 Å². The number of aliphatic hydroxyl groups excluding tert-OH is 1. The van der Waals surface area contributed by atoms with Crippen molar-refractivity contribution in [2.24, 2.45) is 5.41 Å². The Hall–Kier alpha value is -2.63. The van der Waals surface area contributed by atoms with Crippen molar-refractivity contribution in [3.05, 3.63) is 60.4 Å². The Bertz CT molecular complexity index is 987. The van der Waals surface area contributed by atoms with Gasteiger partial charge in [-0.1, -0.05) is 42.5 Å². The van der Waals surface area contributed by atoms with Crippen molar-refractivity contribution in [3.63, 3.8) is 0 Å².